The predicted molar refractivity (Wildman–Crippen MR) is 65.1 cm³/mol. The molecule has 0 unspecified atom stereocenters. The van der Waals surface area contributed by atoms with Crippen LogP contribution in [0.1, 0.15) is 12.5 Å². The maximum Gasteiger partial charge on any atom is 0.337 e. The van der Waals surface area contributed by atoms with E-state index < -0.39 is 20.2 Å². The lowest BCUT2D eigenvalue weighted by molar-refractivity contribution is 0.243. The van der Waals surface area contributed by atoms with Crippen molar-refractivity contribution in [3.8, 4) is 0 Å². The molecule has 0 N–H and O–H groups in total. The van der Waals surface area contributed by atoms with Gasteiger partial charge in [0.25, 0.3) is 0 Å². The Labute approximate surface area is 102 Å². The second-order valence-corrected chi connectivity index (χ2v) is 7.80. The molecular formula is C12H18F2O2Si. The zero-order valence-corrected chi connectivity index (χ0v) is 11.4. The van der Waals surface area contributed by atoms with Crippen molar-refractivity contribution >= 4 is 8.56 Å². The van der Waals surface area contributed by atoms with Crippen LogP contribution in [0, 0.1) is 11.6 Å². The van der Waals surface area contributed by atoms with Gasteiger partial charge in [-0.25, -0.2) is 8.78 Å². The number of benzene rings is 1. The molecule has 0 spiro atoms. The molecular weight excluding hydrogens is 242 g/mol. The van der Waals surface area contributed by atoms with Gasteiger partial charge in [0.1, 0.15) is 11.6 Å². The summed E-state index contributed by atoms with van der Waals surface area (Å²) in [6.07, 6.45) is 0.566. The Balaban J connectivity index is 2.71. The van der Waals surface area contributed by atoms with Crippen LogP contribution in [0.25, 0.3) is 0 Å². The van der Waals surface area contributed by atoms with Crippen LogP contribution in [0.15, 0.2) is 18.2 Å². The molecule has 1 rings (SSSR count). The van der Waals surface area contributed by atoms with Crippen molar-refractivity contribution in [2.75, 3.05) is 14.2 Å². The van der Waals surface area contributed by atoms with E-state index in [1.807, 2.05) is 6.92 Å². The summed E-state index contributed by atoms with van der Waals surface area (Å²) >= 11 is 0. The summed E-state index contributed by atoms with van der Waals surface area (Å²) in [4.78, 5) is 0. The highest BCUT2D eigenvalue weighted by Gasteiger charge is 2.32. The lowest BCUT2D eigenvalue weighted by Crippen LogP contribution is -2.39. The van der Waals surface area contributed by atoms with Crippen LogP contribution in [0.5, 0.6) is 0 Å². The first kappa shape index (κ1) is 14.3. The quantitative estimate of drug-likeness (QED) is 0.731. The van der Waals surface area contributed by atoms with Crippen molar-refractivity contribution in [1.29, 1.82) is 0 Å². The van der Waals surface area contributed by atoms with Crippen LogP contribution in [0.3, 0.4) is 0 Å². The maximum absolute atomic E-state index is 13.0. The maximum atomic E-state index is 13.0. The van der Waals surface area contributed by atoms with Gasteiger partial charge < -0.3 is 8.85 Å². The van der Waals surface area contributed by atoms with Gasteiger partial charge in [-0.1, -0.05) is 6.92 Å². The van der Waals surface area contributed by atoms with E-state index in [4.69, 9.17) is 8.85 Å². The number of hydrogen-bond donors (Lipinski definition) is 0. The molecule has 5 heteroatoms. The summed E-state index contributed by atoms with van der Waals surface area (Å²) in [7, 11) is 1.08. The summed E-state index contributed by atoms with van der Waals surface area (Å²) in [5.41, 5.74) is 0.641. The molecule has 0 fully saturated rings. The van der Waals surface area contributed by atoms with Gasteiger partial charge in [-0.15, -0.1) is 0 Å². The molecule has 1 aromatic carbocycles. The molecule has 0 amide bonds. The molecule has 0 radical (unpaired) electrons. The Bertz CT molecular complexity index is 339. The summed E-state index contributed by atoms with van der Waals surface area (Å²) in [6.45, 7) is 2.01. The van der Waals surface area contributed by atoms with Gasteiger partial charge >= 0.3 is 8.56 Å². The van der Waals surface area contributed by atoms with E-state index in [-0.39, 0.29) is 0 Å². The number of halogens is 2. The smallest absolute Gasteiger partial charge is 0.337 e. The van der Waals surface area contributed by atoms with Gasteiger partial charge in [0.2, 0.25) is 0 Å². The third-order valence-corrected chi connectivity index (χ3v) is 6.58. The molecule has 0 aliphatic rings. The summed E-state index contributed by atoms with van der Waals surface area (Å²) in [6, 6.07) is 5.09. The highest BCUT2D eigenvalue weighted by atomic mass is 28.4. The third-order valence-electron chi connectivity index (χ3n) is 3.00. The van der Waals surface area contributed by atoms with E-state index in [1.165, 1.54) is 12.1 Å². The molecule has 0 atom stereocenters. The fourth-order valence-corrected chi connectivity index (χ4v) is 4.02. The van der Waals surface area contributed by atoms with Crippen LogP contribution in [0.4, 0.5) is 8.78 Å². The topological polar surface area (TPSA) is 18.5 Å². The van der Waals surface area contributed by atoms with E-state index in [0.717, 1.165) is 12.1 Å². The van der Waals surface area contributed by atoms with Gasteiger partial charge in [-0.2, -0.15) is 0 Å². The SMILES string of the molecule is CC[Si](CCc1cc(F)cc(F)c1)(OC)OC. The van der Waals surface area contributed by atoms with E-state index in [1.54, 1.807) is 14.2 Å². The van der Waals surface area contributed by atoms with E-state index in [2.05, 4.69) is 0 Å². The molecule has 0 saturated heterocycles. The first-order valence-corrected chi connectivity index (χ1v) is 7.83. The summed E-state index contributed by atoms with van der Waals surface area (Å²) < 4.78 is 36.9. The van der Waals surface area contributed by atoms with Crippen LogP contribution in [0.2, 0.25) is 12.1 Å². The summed E-state index contributed by atoms with van der Waals surface area (Å²) in [5.74, 6) is -1.09. The molecule has 1 aromatic rings. The highest BCUT2D eigenvalue weighted by Crippen LogP contribution is 2.20. The molecule has 0 aromatic heterocycles. The van der Waals surface area contributed by atoms with Crippen LogP contribution in [-0.2, 0) is 15.3 Å². The van der Waals surface area contributed by atoms with E-state index in [9.17, 15) is 8.78 Å². The Hall–Kier alpha value is -0.783. The van der Waals surface area contributed by atoms with Crippen molar-refractivity contribution in [3.63, 3.8) is 0 Å². The van der Waals surface area contributed by atoms with Crippen LogP contribution >= 0.6 is 0 Å². The standard InChI is InChI=1S/C12H18F2O2Si/c1-4-17(15-2,16-3)6-5-10-7-11(13)9-12(14)8-10/h7-9H,4-6H2,1-3H3. The molecule has 2 nitrogen and oxygen atoms in total. The fourth-order valence-electron chi connectivity index (χ4n) is 1.84. The second kappa shape index (κ2) is 6.23. The van der Waals surface area contributed by atoms with Gasteiger partial charge in [-0.3, -0.25) is 0 Å². The zero-order valence-electron chi connectivity index (χ0n) is 10.4. The Kier molecular flexibility index (Phi) is 5.23. The largest absolute Gasteiger partial charge is 0.398 e. The molecule has 0 saturated carbocycles. The monoisotopic (exact) mass is 260 g/mol. The fraction of sp³-hybridized carbons (Fsp3) is 0.500. The summed E-state index contributed by atoms with van der Waals surface area (Å²) in [5, 5.41) is 0. The van der Waals surface area contributed by atoms with Gasteiger partial charge in [0, 0.05) is 20.3 Å². The van der Waals surface area contributed by atoms with Crippen LogP contribution in [-0.4, -0.2) is 22.8 Å². The zero-order chi connectivity index (χ0) is 12.9. The van der Waals surface area contributed by atoms with E-state index in [0.29, 0.717) is 18.0 Å². The first-order valence-electron chi connectivity index (χ1n) is 5.60. The second-order valence-electron chi connectivity index (χ2n) is 3.95. The average molecular weight is 260 g/mol. The minimum atomic E-state index is -2.18. The average Bonchev–Trinajstić information content (AvgIpc) is 2.30. The van der Waals surface area contributed by atoms with E-state index >= 15 is 0 Å². The van der Waals surface area contributed by atoms with Gasteiger partial charge in [0.05, 0.1) is 0 Å². The van der Waals surface area contributed by atoms with Crippen molar-refractivity contribution in [1.82, 2.24) is 0 Å². The van der Waals surface area contributed by atoms with Gasteiger partial charge in [0.15, 0.2) is 0 Å². The lowest BCUT2D eigenvalue weighted by Gasteiger charge is -2.25. The molecule has 17 heavy (non-hydrogen) atoms. The molecule has 0 heterocycles. The van der Waals surface area contributed by atoms with Gasteiger partial charge in [-0.05, 0) is 36.2 Å². The lowest BCUT2D eigenvalue weighted by atomic mass is 10.2. The minimum Gasteiger partial charge on any atom is -0.398 e. The van der Waals surface area contributed by atoms with Crippen molar-refractivity contribution in [2.24, 2.45) is 0 Å². The third kappa shape index (κ3) is 3.87. The normalized spacial score (nSPS) is 11.8. The molecule has 0 aliphatic heterocycles. The number of aryl methyl sites for hydroxylation is 1. The number of rotatable bonds is 6. The van der Waals surface area contributed by atoms with Crippen LogP contribution < -0.4 is 0 Å². The highest BCUT2D eigenvalue weighted by molar-refractivity contribution is 6.67. The number of hydrogen-bond acceptors (Lipinski definition) is 2. The predicted octanol–water partition coefficient (Wildman–Crippen LogP) is 3.26. The molecule has 0 bridgehead atoms. The van der Waals surface area contributed by atoms with Crippen molar-refractivity contribution in [3.05, 3.63) is 35.4 Å². The Morgan fingerprint density at radius 3 is 2.00 bits per heavy atom. The van der Waals surface area contributed by atoms with Crippen molar-refractivity contribution in [2.45, 2.75) is 25.4 Å². The first-order chi connectivity index (χ1) is 8.05. The Morgan fingerprint density at radius 1 is 1.06 bits per heavy atom. The molecule has 0 aliphatic carbocycles. The Morgan fingerprint density at radius 2 is 1.59 bits per heavy atom. The molecule has 96 valence electrons. The minimum absolute atomic E-state index is 0.543. The van der Waals surface area contributed by atoms with Crippen molar-refractivity contribution < 1.29 is 17.6 Å².